The van der Waals surface area contributed by atoms with Gasteiger partial charge in [-0.1, -0.05) is 13.8 Å². The fourth-order valence-electron chi connectivity index (χ4n) is 1.58. The maximum atomic E-state index is 12.6. The van der Waals surface area contributed by atoms with Gasteiger partial charge in [0.15, 0.2) is 17.0 Å². The van der Waals surface area contributed by atoms with Gasteiger partial charge in [-0.3, -0.25) is 0 Å². The zero-order valence-corrected chi connectivity index (χ0v) is 10.1. The number of hydrogen-bond donors (Lipinski definition) is 1. The van der Waals surface area contributed by atoms with Crippen molar-refractivity contribution >= 4 is 11.6 Å². The highest BCUT2D eigenvalue weighted by atomic mass is 19.4. The second-order valence-corrected chi connectivity index (χ2v) is 4.32. The summed E-state index contributed by atoms with van der Waals surface area (Å²) < 4.78 is 38.4. The molecule has 0 aliphatic carbocycles. The molecule has 19 heavy (non-hydrogen) atoms. The van der Waals surface area contributed by atoms with Crippen molar-refractivity contribution in [2.24, 2.45) is 0 Å². The summed E-state index contributed by atoms with van der Waals surface area (Å²) in [6.45, 7) is 3.54. The molecule has 2 aromatic rings. The molecule has 0 saturated heterocycles. The number of fused-ring (bicyclic) bond motifs is 1. The van der Waals surface area contributed by atoms with Crippen LogP contribution in [-0.2, 0) is 6.18 Å². The van der Waals surface area contributed by atoms with Gasteiger partial charge in [-0.2, -0.15) is 18.3 Å². The Balaban J connectivity index is 2.75. The molecule has 102 valence electrons. The van der Waals surface area contributed by atoms with Gasteiger partial charge in [-0.15, -0.1) is 0 Å². The van der Waals surface area contributed by atoms with Gasteiger partial charge in [0.1, 0.15) is 0 Å². The number of halogens is 3. The highest BCUT2D eigenvalue weighted by Gasteiger charge is 2.35. The quantitative estimate of drug-likeness (QED) is 0.913. The average Bonchev–Trinajstić information content (AvgIpc) is 2.70. The van der Waals surface area contributed by atoms with Crippen LogP contribution in [0.15, 0.2) is 12.1 Å². The van der Waals surface area contributed by atoms with E-state index in [1.54, 1.807) is 13.8 Å². The number of rotatable bonds is 2. The number of aromatic carboxylic acids is 1. The summed E-state index contributed by atoms with van der Waals surface area (Å²) >= 11 is 0. The van der Waals surface area contributed by atoms with Crippen molar-refractivity contribution in [3.63, 3.8) is 0 Å². The largest absolute Gasteiger partial charge is 0.477 e. The van der Waals surface area contributed by atoms with Crippen LogP contribution >= 0.6 is 0 Å². The van der Waals surface area contributed by atoms with Crippen LogP contribution in [0.4, 0.5) is 13.2 Å². The van der Waals surface area contributed by atoms with Gasteiger partial charge in [-0.05, 0) is 12.0 Å². The molecule has 0 saturated carbocycles. The highest BCUT2D eigenvalue weighted by molar-refractivity contribution is 5.86. The summed E-state index contributed by atoms with van der Waals surface area (Å²) in [7, 11) is 0. The van der Waals surface area contributed by atoms with E-state index in [1.165, 1.54) is 6.07 Å². The maximum Gasteiger partial charge on any atom is 0.435 e. The Bertz CT molecular complexity index is 646. The third kappa shape index (κ3) is 2.38. The molecule has 8 heteroatoms. The molecule has 0 aliphatic heterocycles. The Hall–Kier alpha value is -2.12. The van der Waals surface area contributed by atoms with Crippen molar-refractivity contribution in [2.75, 3.05) is 0 Å². The van der Waals surface area contributed by atoms with Crippen molar-refractivity contribution in [3.05, 3.63) is 29.2 Å². The van der Waals surface area contributed by atoms with Crippen molar-refractivity contribution < 1.29 is 23.1 Å². The standard InChI is InChI=1S/C11H10F3N3O2/c1-5(2)6-3-7(10(18)19)17-9(15-6)4-8(16-17)11(12,13)14/h3-5H,1-2H3,(H,18,19). The van der Waals surface area contributed by atoms with Gasteiger partial charge in [0, 0.05) is 11.8 Å². The fourth-order valence-corrected chi connectivity index (χ4v) is 1.58. The molecular formula is C11H10F3N3O2. The number of nitrogens with zero attached hydrogens (tertiary/aromatic N) is 3. The van der Waals surface area contributed by atoms with Crippen molar-refractivity contribution in [1.82, 2.24) is 14.6 Å². The lowest BCUT2D eigenvalue weighted by atomic mass is 10.1. The van der Waals surface area contributed by atoms with Crippen molar-refractivity contribution in [3.8, 4) is 0 Å². The van der Waals surface area contributed by atoms with Crippen LogP contribution < -0.4 is 0 Å². The summed E-state index contributed by atoms with van der Waals surface area (Å²) in [4.78, 5) is 15.1. The molecule has 5 nitrogen and oxygen atoms in total. The Morgan fingerprint density at radius 3 is 2.47 bits per heavy atom. The van der Waals surface area contributed by atoms with E-state index >= 15 is 0 Å². The first-order valence-electron chi connectivity index (χ1n) is 5.41. The molecule has 2 rings (SSSR count). The van der Waals surface area contributed by atoms with Gasteiger partial charge < -0.3 is 5.11 Å². The molecule has 0 atom stereocenters. The van der Waals surface area contributed by atoms with Crippen LogP contribution in [0.25, 0.3) is 5.65 Å². The number of hydrogen-bond acceptors (Lipinski definition) is 3. The molecule has 1 N–H and O–H groups in total. The van der Waals surface area contributed by atoms with Crippen LogP contribution in [0.1, 0.15) is 41.6 Å². The van der Waals surface area contributed by atoms with E-state index in [2.05, 4.69) is 10.1 Å². The highest BCUT2D eigenvalue weighted by Crippen LogP contribution is 2.29. The second-order valence-electron chi connectivity index (χ2n) is 4.32. The van der Waals surface area contributed by atoms with Crippen LogP contribution in [0, 0.1) is 0 Å². The summed E-state index contributed by atoms with van der Waals surface area (Å²) in [5.74, 6) is -1.46. The van der Waals surface area contributed by atoms with Gasteiger partial charge >= 0.3 is 12.1 Å². The van der Waals surface area contributed by atoms with E-state index in [0.29, 0.717) is 10.2 Å². The molecule has 0 unspecified atom stereocenters. The average molecular weight is 273 g/mol. The SMILES string of the molecule is CC(C)c1cc(C(=O)O)n2nc(C(F)(F)F)cc2n1. The summed E-state index contributed by atoms with van der Waals surface area (Å²) in [5.41, 5.74) is -1.23. The van der Waals surface area contributed by atoms with Gasteiger partial charge in [0.05, 0.1) is 0 Å². The van der Waals surface area contributed by atoms with E-state index in [1.807, 2.05) is 0 Å². The molecule has 2 heterocycles. The third-order valence-electron chi connectivity index (χ3n) is 2.55. The number of carboxylic acids is 1. The minimum atomic E-state index is -4.64. The molecule has 0 spiro atoms. The van der Waals surface area contributed by atoms with E-state index in [-0.39, 0.29) is 17.3 Å². The first-order chi connectivity index (χ1) is 8.70. The monoisotopic (exact) mass is 273 g/mol. The molecule has 0 amide bonds. The lowest BCUT2D eigenvalue weighted by Gasteiger charge is -2.06. The van der Waals surface area contributed by atoms with Gasteiger partial charge in [0.2, 0.25) is 0 Å². The van der Waals surface area contributed by atoms with E-state index < -0.39 is 17.8 Å². The number of carbonyl (C=O) groups is 1. The molecular weight excluding hydrogens is 263 g/mol. The van der Waals surface area contributed by atoms with E-state index in [0.717, 1.165) is 6.07 Å². The molecule has 0 bridgehead atoms. The smallest absolute Gasteiger partial charge is 0.435 e. The maximum absolute atomic E-state index is 12.6. The number of aromatic nitrogens is 3. The summed E-state index contributed by atoms with van der Waals surface area (Å²) in [6.07, 6.45) is -4.64. The van der Waals surface area contributed by atoms with Crippen LogP contribution in [-0.4, -0.2) is 25.7 Å². The van der Waals surface area contributed by atoms with E-state index in [4.69, 9.17) is 5.11 Å². The second kappa shape index (κ2) is 4.22. The minimum absolute atomic E-state index is 0.104. The molecule has 0 aliphatic rings. The van der Waals surface area contributed by atoms with Gasteiger partial charge in [0.25, 0.3) is 0 Å². The number of alkyl halides is 3. The minimum Gasteiger partial charge on any atom is -0.477 e. The molecule has 0 radical (unpaired) electrons. The lowest BCUT2D eigenvalue weighted by Crippen LogP contribution is -2.11. The first kappa shape index (κ1) is 13.3. The van der Waals surface area contributed by atoms with Crippen LogP contribution in [0.3, 0.4) is 0 Å². The van der Waals surface area contributed by atoms with E-state index in [9.17, 15) is 18.0 Å². The number of carboxylic acid groups (broad SMARTS) is 1. The Morgan fingerprint density at radius 2 is 2.00 bits per heavy atom. The fraction of sp³-hybridized carbons (Fsp3) is 0.364. The normalized spacial score (nSPS) is 12.3. The third-order valence-corrected chi connectivity index (χ3v) is 2.55. The van der Waals surface area contributed by atoms with Crippen LogP contribution in [0.5, 0.6) is 0 Å². The Labute approximate surface area is 105 Å². The molecule has 0 aromatic carbocycles. The molecule has 2 aromatic heterocycles. The lowest BCUT2D eigenvalue weighted by molar-refractivity contribution is -0.141. The van der Waals surface area contributed by atoms with Gasteiger partial charge in [-0.25, -0.2) is 14.3 Å². The van der Waals surface area contributed by atoms with Crippen molar-refractivity contribution in [2.45, 2.75) is 25.9 Å². The predicted octanol–water partition coefficient (Wildman–Crippen LogP) is 2.57. The topological polar surface area (TPSA) is 67.5 Å². The zero-order chi connectivity index (χ0) is 14.4. The predicted molar refractivity (Wildman–Crippen MR) is 59.0 cm³/mol. The zero-order valence-electron chi connectivity index (χ0n) is 10.1. The van der Waals surface area contributed by atoms with Crippen molar-refractivity contribution in [1.29, 1.82) is 0 Å². The first-order valence-corrected chi connectivity index (χ1v) is 5.41. The summed E-state index contributed by atoms with van der Waals surface area (Å²) in [5, 5.41) is 12.3. The Morgan fingerprint density at radius 1 is 1.37 bits per heavy atom. The Kier molecular flexibility index (Phi) is 2.95. The molecule has 0 fully saturated rings. The van der Waals surface area contributed by atoms with Crippen LogP contribution in [0.2, 0.25) is 0 Å². The summed E-state index contributed by atoms with van der Waals surface area (Å²) in [6, 6.07) is 1.96.